The van der Waals surface area contributed by atoms with E-state index in [1.54, 1.807) is 6.20 Å². The van der Waals surface area contributed by atoms with E-state index in [0.29, 0.717) is 6.54 Å². The van der Waals surface area contributed by atoms with E-state index in [9.17, 15) is 10.1 Å². The summed E-state index contributed by atoms with van der Waals surface area (Å²) in [6, 6.07) is 8.39. The van der Waals surface area contributed by atoms with Crippen LogP contribution in [0.3, 0.4) is 0 Å². The van der Waals surface area contributed by atoms with Crippen LogP contribution in [0.1, 0.15) is 24.5 Å². The Balaban J connectivity index is 0.00000312. The van der Waals surface area contributed by atoms with Gasteiger partial charge in [0.25, 0.3) is 5.91 Å². The van der Waals surface area contributed by atoms with Gasteiger partial charge in [0.05, 0.1) is 0 Å². The number of rotatable bonds is 5. The Bertz CT molecular complexity index is 658. The number of hydrogen-bond donors (Lipinski definition) is 1. The zero-order chi connectivity index (χ0) is 17.5. The number of carbonyl (C=O) groups is 1. The number of nitrogens with one attached hydrogen (secondary N) is 1. The Morgan fingerprint density at radius 3 is 2.56 bits per heavy atom. The van der Waals surface area contributed by atoms with E-state index in [1.165, 1.54) is 16.8 Å². The van der Waals surface area contributed by atoms with Gasteiger partial charge in [0.2, 0.25) is 0 Å². The molecular weight excluding hydrogens is 336 g/mol. The number of hydrogen-bond acceptors (Lipinski definition) is 4. The minimum Gasteiger partial charge on any atom is -0.373 e. The fraction of sp³-hybridized carbons (Fsp3) is 0.474. The molecule has 0 aliphatic carbocycles. The normalized spacial score (nSPS) is 14.6. The molecule has 1 heterocycles. The molecule has 0 atom stereocenters. The molecule has 1 aromatic carbocycles. The number of piperazine rings is 1. The number of aryl methyl sites for hydroxylation is 1. The summed E-state index contributed by atoms with van der Waals surface area (Å²) >= 11 is 0. The van der Waals surface area contributed by atoms with Gasteiger partial charge in [0.15, 0.2) is 0 Å². The van der Waals surface area contributed by atoms with E-state index in [-0.39, 0.29) is 23.9 Å². The van der Waals surface area contributed by atoms with Crippen molar-refractivity contribution in [3.63, 3.8) is 0 Å². The summed E-state index contributed by atoms with van der Waals surface area (Å²) in [5.41, 5.74) is 4.08. The van der Waals surface area contributed by atoms with Crippen LogP contribution < -0.4 is 10.2 Å². The number of nitrogens with zero attached hydrogens (tertiary/aromatic N) is 3. The summed E-state index contributed by atoms with van der Waals surface area (Å²) in [4.78, 5) is 16.4. The van der Waals surface area contributed by atoms with Crippen LogP contribution in [0.15, 0.2) is 30.0 Å². The van der Waals surface area contributed by atoms with Crippen LogP contribution in [0.5, 0.6) is 0 Å². The first-order valence-electron chi connectivity index (χ1n) is 8.52. The lowest BCUT2D eigenvalue weighted by atomic mass is 10.1. The molecule has 0 aromatic heterocycles. The minimum atomic E-state index is -0.281. The highest BCUT2D eigenvalue weighted by atomic mass is 35.5. The summed E-state index contributed by atoms with van der Waals surface area (Å²) in [5, 5.41) is 12.0. The van der Waals surface area contributed by atoms with Gasteiger partial charge in [-0.1, -0.05) is 19.1 Å². The minimum absolute atomic E-state index is 0. The first-order chi connectivity index (χ1) is 11.6. The fourth-order valence-corrected chi connectivity index (χ4v) is 2.82. The molecule has 0 unspecified atom stereocenters. The van der Waals surface area contributed by atoms with Gasteiger partial charge in [-0.25, -0.2) is 0 Å². The number of carbonyl (C=O) groups excluding carboxylic acids is 1. The van der Waals surface area contributed by atoms with Crippen LogP contribution >= 0.6 is 12.4 Å². The molecule has 1 aliphatic heterocycles. The third kappa shape index (κ3) is 5.40. The molecule has 25 heavy (non-hydrogen) atoms. The Morgan fingerprint density at radius 2 is 1.96 bits per heavy atom. The molecule has 0 saturated carbocycles. The number of halogens is 1. The van der Waals surface area contributed by atoms with Crippen molar-refractivity contribution in [2.75, 3.05) is 37.6 Å². The third-order valence-corrected chi connectivity index (χ3v) is 4.44. The van der Waals surface area contributed by atoms with Crippen LogP contribution in [0.4, 0.5) is 5.69 Å². The van der Waals surface area contributed by atoms with Crippen LogP contribution in [-0.2, 0) is 4.79 Å². The monoisotopic (exact) mass is 362 g/mol. The summed E-state index contributed by atoms with van der Waals surface area (Å²) in [6.07, 6.45) is 2.56. The molecule has 1 aromatic rings. The smallest absolute Gasteiger partial charge is 0.263 e. The van der Waals surface area contributed by atoms with Crippen molar-refractivity contribution in [1.29, 1.82) is 5.26 Å². The molecule has 0 radical (unpaired) electrons. The van der Waals surface area contributed by atoms with Gasteiger partial charge in [-0.2, -0.15) is 5.26 Å². The molecule has 0 bridgehead atoms. The van der Waals surface area contributed by atoms with Crippen LogP contribution in [-0.4, -0.2) is 43.5 Å². The van der Waals surface area contributed by atoms with Gasteiger partial charge in [0, 0.05) is 44.6 Å². The molecule has 136 valence electrons. The van der Waals surface area contributed by atoms with E-state index in [4.69, 9.17) is 0 Å². The number of anilines is 1. The van der Waals surface area contributed by atoms with E-state index < -0.39 is 0 Å². The largest absolute Gasteiger partial charge is 0.373 e. The van der Waals surface area contributed by atoms with Gasteiger partial charge < -0.3 is 15.1 Å². The molecule has 2 rings (SSSR count). The van der Waals surface area contributed by atoms with Crippen molar-refractivity contribution in [2.45, 2.75) is 27.2 Å². The number of nitriles is 1. The molecule has 1 aliphatic rings. The molecule has 5 nitrogen and oxygen atoms in total. The van der Waals surface area contributed by atoms with E-state index >= 15 is 0 Å². The van der Waals surface area contributed by atoms with Gasteiger partial charge >= 0.3 is 0 Å². The van der Waals surface area contributed by atoms with Crippen LogP contribution in [0.2, 0.25) is 0 Å². The second-order valence-electron chi connectivity index (χ2n) is 6.15. The molecule has 0 spiro atoms. The third-order valence-electron chi connectivity index (χ3n) is 4.44. The summed E-state index contributed by atoms with van der Waals surface area (Å²) in [7, 11) is 0. The average molecular weight is 363 g/mol. The lowest BCUT2D eigenvalue weighted by Crippen LogP contribution is -2.44. The van der Waals surface area contributed by atoms with Crippen molar-refractivity contribution >= 4 is 24.0 Å². The van der Waals surface area contributed by atoms with Crippen LogP contribution in [0.25, 0.3) is 0 Å². The lowest BCUT2D eigenvalue weighted by molar-refractivity contribution is -0.117. The Kier molecular flexibility index (Phi) is 8.30. The SMILES string of the molecule is CCCNC(=O)/C(C#N)=C\N1CCN(c2cccc(C)c2C)CC1.Cl. The number of amides is 1. The maximum absolute atomic E-state index is 11.9. The van der Waals surface area contributed by atoms with Crippen molar-refractivity contribution in [3.8, 4) is 6.07 Å². The quantitative estimate of drug-likeness (QED) is 0.646. The topological polar surface area (TPSA) is 59.4 Å². The molecular formula is C19H27ClN4O. The number of benzene rings is 1. The Morgan fingerprint density at radius 1 is 1.28 bits per heavy atom. The van der Waals surface area contributed by atoms with Gasteiger partial charge in [-0.15, -0.1) is 12.4 Å². The maximum Gasteiger partial charge on any atom is 0.263 e. The van der Waals surface area contributed by atoms with Gasteiger partial charge in [0.1, 0.15) is 11.6 Å². The van der Waals surface area contributed by atoms with Crippen molar-refractivity contribution < 1.29 is 4.79 Å². The predicted molar refractivity (Wildman–Crippen MR) is 104 cm³/mol. The van der Waals surface area contributed by atoms with Crippen molar-refractivity contribution in [3.05, 3.63) is 41.1 Å². The van der Waals surface area contributed by atoms with Gasteiger partial charge in [-0.05, 0) is 37.5 Å². The maximum atomic E-state index is 11.9. The van der Waals surface area contributed by atoms with E-state index in [1.807, 2.05) is 13.0 Å². The predicted octanol–water partition coefficient (Wildman–Crippen LogP) is 2.78. The Labute approximate surface area is 156 Å². The highest BCUT2D eigenvalue weighted by Crippen LogP contribution is 2.24. The molecule has 1 fully saturated rings. The summed E-state index contributed by atoms with van der Waals surface area (Å²) < 4.78 is 0. The average Bonchev–Trinajstić information content (AvgIpc) is 2.60. The second kappa shape index (κ2) is 9.95. The summed E-state index contributed by atoms with van der Waals surface area (Å²) in [6.45, 7) is 10.3. The highest BCUT2D eigenvalue weighted by molar-refractivity contribution is 5.97. The van der Waals surface area contributed by atoms with E-state index in [0.717, 1.165) is 32.6 Å². The molecule has 1 N–H and O–H groups in total. The first-order valence-corrected chi connectivity index (χ1v) is 8.52. The lowest BCUT2D eigenvalue weighted by Gasteiger charge is -2.36. The standard InChI is InChI=1S/C19H26N4O.ClH/c1-4-8-21-19(24)17(13-20)14-22-9-11-23(12-10-22)18-7-5-6-15(2)16(18)3;/h5-7,14H,4,8-12H2,1-3H3,(H,21,24);1H/b17-14-;. The van der Waals surface area contributed by atoms with Crippen LogP contribution in [0, 0.1) is 25.2 Å². The zero-order valence-electron chi connectivity index (χ0n) is 15.2. The van der Waals surface area contributed by atoms with Crippen molar-refractivity contribution in [1.82, 2.24) is 10.2 Å². The summed E-state index contributed by atoms with van der Waals surface area (Å²) in [5.74, 6) is -0.281. The Hall–Kier alpha value is -2.19. The van der Waals surface area contributed by atoms with Gasteiger partial charge in [-0.3, -0.25) is 4.79 Å². The highest BCUT2D eigenvalue weighted by Gasteiger charge is 2.18. The zero-order valence-corrected chi connectivity index (χ0v) is 16.0. The van der Waals surface area contributed by atoms with E-state index in [2.05, 4.69) is 47.2 Å². The first kappa shape index (κ1) is 20.9. The molecule has 1 amide bonds. The molecule has 6 heteroatoms. The molecule has 1 saturated heterocycles. The second-order valence-corrected chi connectivity index (χ2v) is 6.15. The van der Waals surface area contributed by atoms with Crippen molar-refractivity contribution in [2.24, 2.45) is 0 Å². The fourth-order valence-electron chi connectivity index (χ4n) is 2.82.